The van der Waals surface area contributed by atoms with E-state index in [0.29, 0.717) is 23.4 Å². The van der Waals surface area contributed by atoms with E-state index < -0.39 is 4.92 Å². The first kappa shape index (κ1) is 27.9. The zero-order valence-electron chi connectivity index (χ0n) is 21.0. The van der Waals surface area contributed by atoms with Gasteiger partial charge in [-0.05, 0) is 36.7 Å². The lowest BCUT2D eigenvalue weighted by atomic mass is 9.85. The Balaban J connectivity index is 1.60. The van der Waals surface area contributed by atoms with Crippen LogP contribution in [0.4, 0.5) is 5.69 Å². The zero-order chi connectivity index (χ0) is 25.2. The molecule has 35 heavy (non-hydrogen) atoms. The van der Waals surface area contributed by atoms with E-state index in [1.54, 1.807) is 12.1 Å². The lowest BCUT2D eigenvalue weighted by molar-refractivity contribution is -0.384. The minimum absolute atomic E-state index is 0.0744. The third kappa shape index (κ3) is 9.03. The van der Waals surface area contributed by atoms with Crippen molar-refractivity contribution in [3.05, 3.63) is 39.9 Å². The highest BCUT2D eigenvalue weighted by atomic mass is 32.2. The molecule has 1 heterocycles. The molecule has 1 saturated carbocycles. The molecule has 1 aromatic carbocycles. The molecule has 194 valence electrons. The molecule has 1 aliphatic heterocycles. The average molecular weight is 521 g/mol. The van der Waals surface area contributed by atoms with E-state index in [9.17, 15) is 14.9 Å². The Labute approximate surface area is 219 Å². The number of thioether (sulfide) groups is 1. The maximum Gasteiger partial charge on any atom is 0.269 e. The molecule has 9 heteroatoms. The molecular formula is C26H40N4O3S2. The Morgan fingerprint density at radius 1 is 1.20 bits per heavy atom. The van der Waals surface area contributed by atoms with Crippen molar-refractivity contribution < 1.29 is 9.72 Å². The monoisotopic (exact) mass is 520 g/mol. The summed E-state index contributed by atoms with van der Waals surface area (Å²) in [6.07, 6.45) is 9.47. The van der Waals surface area contributed by atoms with Crippen molar-refractivity contribution in [3.63, 3.8) is 0 Å². The average Bonchev–Trinajstić information content (AvgIpc) is 3.33. The van der Waals surface area contributed by atoms with E-state index in [0.717, 1.165) is 43.0 Å². The Hall–Kier alpha value is -1.71. The van der Waals surface area contributed by atoms with Crippen LogP contribution in [0, 0.1) is 22.0 Å². The number of non-ortho nitro benzene ring substituents is 1. The number of thiocarbonyl (C=S) groups is 1. The summed E-state index contributed by atoms with van der Waals surface area (Å²) in [6, 6.07) is 6.19. The van der Waals surface area contributed by atoms with Crippen LogP contribution < -0.4 is 10.6 Å². The molecular weight excluding hydrogens is 480 g/mol. The molecule has 7 nitrogen and oxygen atoms in total. The summed E-state index contributed by atoms with van der Waals surface area (Å²) in [5.41, 5.74) is 0.993. The summed E-state index contributed by atoms with van der Waals surface area (Å²) in [6.45, 7) is 5.86. The second-order valence-corrected chi connectivity index (χ2v) is 11.7. The van der Waals surface area contributed by atoms with Crippen LogP contribution in [0.1, 0.15) is 70.8 Å². The minimum atomic E-state index is -0.398. The van der Waals surface area contributed by atoms with Gasteiger partial charge in [-0.3, -0.25) is 19.8 Å². The van der Waals surface area contributed by atoms with Gasteiger partial charge in [-0.1, -0.05) is 70.3 Å². The number of nitro benzene ring substituents is 1. The van der Waals surface area contributed by atoms with E-state index in [4.69, 9.17) is 12.2 Å². The Morgan fingerprint density at radius 3 is 2.57 bits per heavy atom. The van der Waals surface area contributed by atoms with Crippen LogP contribution in [0.5, 0.6) is 0 Å². The van der Waals surface area contributed by atoms with E-state index in [-0.39, 0.29) is 23.7 Å². The number of rotatable bonds is 12. The first-order valence-electron chi connectivity index (χ1n) is 13.0. The van der Waals surface area contributed by atoms with Crippen molar-refractivity contribution in [2.24, 2.45) is 11.8 Å². The highest BCUT2D eigenvalue weighted by Gasteiger charge is 2.33. The number of hydrogen-bond acceptors (Lipinski definition) is 6. The number of carbonyl (C=O) groups excluding carboxylic acids is 1. The van der Waals surface area contributed by atoms with Crippen LogP contribution in [0.3, 0.4) is 0 Å². The molecule has 2 N–H and O–H groups in total. The fourth-order valence-electron chi connectivity index (χ4n) is 4.83. The quantitative estimate of drug-likeness (QED) is 0.220. The third-order valence-corrected chi connectivity index (χ3v) is 8.60. The van der Waals surface area contributed by atoms with E-state index in [1.165, 1.54) is 44.2 Å². The van der Waals surface area contributed by atoms with E-state index in [1.807, 2.05) is 11.8 Å². The molecule has 0 bridgehead atoms. The Morgan fingerprint density at radius 2 is 1.91 bits per heavy atom. The highest BCUT2D eigenvalue weighted by molar-refractivity contribution is 7.99. The maximum absolute atomic E-state index is 13.3. The third-order valence-electron chi connectivity index (χ3n) is 7.11. The Bertz CT molecular complexity index is 844. The van der Waals surface area contributed by atoms with Crippen molar-refractivity contribution in [2.45, 2.75) is 83.8 Å². The summed E-state index contributed by atoms with van der Waals surface area (Å²) >= 11 is 7.59. The van der Waals surface area contributed by atoms with Crippen molar-refractivity contribution in [1.82, 2.24) is 15.5 Å². The van der Waals surface area contributed by atoms with Gasteiger partial charge in [0.05, 0.1) is 22.0 Å². The standard InChI is InChI=1S/C26H40N4O3S2/c1-19(2)14-15-29-18-35-17-24(29)25(31)28-23(13-10-20-6-4-3-5-7-20)26(34)27-16-21-8-11-22(12-9-21)30(32)33/h8-9,11-12,19-20,23-24H,3-7,10,13-18H2,1-2H3,(H,27,34)(H,28,31)/t23-,24+/m1/s1. The van der Waals surface area contributed by atoms with Crippen LogP contribution >= 0.6 is 24.0 Å². The molecule has 0 radical (unpaired) electrons. The number of amides is 1. The van der Waals surface area contributed by atoms with E-state index >= 15 is 0 Å². The van der Waals surface area contributed by atoms with Gasteiger partial charge in [0.1, 0.15) is 0 Å². The largest absolute Gasteiger partial charge is 0.374 e. The number of nitro groups is 1. The van der Waals surface area contributed by atoms with Gasteiger partial charge in [-0.15, -0.1) is 11.8 Å². The smallest absolute Gasteiger partial charge is 0.269 e. The number of hydrogen-bond donors (Lipinski definition) is 2. The predicted octanol–water partition coefficient (Wildman–Crippen LogP) is 5.28. The summed E-state index contributed by atoms with van der Waals surface area (Å²) < 4.78 is 0. The normalized spacial score (nSPS) is 20.0. The first-order chi connectivity index (χ1) is 16.8. The van der Waals surface area contributed by atoms with Gasteiger partial charge in [-0.25, -0.2) is 0 Å². The van der Waals surface area contributed by atoms with Crippen LogP contribution in [-0.4, -0.2) is 51.0 Å². The number of benzene rings is 1. The molecule has 1 amide bonds. The van der Waals surface area contributed by atoms with Gasteiger partial charge in [-0.2, -0.15) is 0 Å². The second-order valence-electron chi connectivity index (χ2n) is 10.3. The van der Waals surface area contributed by atoms with Gasteiger partial charge < -0.3 is 10.6 Å². The molecule has 2 aliphatic rings. The molecule has 2 fully saturated rings. The second kappa shape index (κ2) is 14.1. The fourth-order valence-corrected chi connectivity index (χ4v) is 6.31. The van der Waals surface area contributed by atoms with E-state index in [2.05, 4.69) is 29.4 Å². The van der Waals surface area contributed by atoms with Gasteiger partial charge in [0, 0.05) is 36.9 Å². The van der Waals surface area contributed by atoms with Crippen molar-refractivity contribution in [2.75, 3.05) is 18.2 Å². The van der Waals surface area contributed by atoms with Crippen LogP contribution in [0.2, 0.25) is 0 Å². The van der Waals surface area contributed by atoms with Crippen LogP contribution in [-0.2, 0) is 11.3 Å². The maximum atomic E-state index is 13.3. The van der Waals surface area contributed by atoms with Gasteiger partial charge >= 0.3 is 0 Å². The fraction of sp³-hybridized carbons (Fsp3) is 0.692. The lowest BCUT2D eigenvalue weighted by Gasteiger charge is -2.28. The number of nitrogens with zero attached hydrogens (tertiary/aromatic N) is 2. The van der Waals surface area contributed by atoms with Crippen LogP contribution in [0.15, 0.2) is 24.3 Å². The summed E-state index contributed by atoms with van der Waals surface area (Å²) in [4.78, 5) is 26.8. The molecule has 1 saturated heterocycles. The topological polar surface area (TPSA) is 87.5 Å². The molecule has 1 aromatic rings. The summed E-state index contributed by atoms with van der Waals surface area (Å²) in [7, 11) is 0. The molecule has 0 unspecified atom stereocenters. The van der Waals surface area contributed by atoms with Crippen molar-refractivity contribution >= 4 is 40.6 Å². The summed E-state index contributed by atoms with van der Waals surface area (Å²) in [5.74, 6) is 3.13. The van der Waals surface area contributed by atoms with Crippen molar-refractivity contribution in [3.8, 4) is 0 Å². The zero-order valence-corrected chi connectivity index (χ0v) is 22.7. The lowest BCUT2D eigenvalue weighted by Crippen LogP contribution is -2.52. The minimum Gasteiger partial charge on any atom is -0.374 e. The molecule has 0 aromatic heterocycles. The van der Waals surface area contributed by atoms with Gasteiger partial charge in [0.25, 0.3) is 5.69 Å². The highest BCUT2D eigenvalue weighted by Crippen LogP contribution is 2.28. The Kier molecular flexibility index (Phi) is 11.3. The molecule has 1 aliphatic carbocycles. The number of carbonyl (C=O) groups is 1. The molecule has 2 atom stereocenters. The molecule has 0 spiro atoms. The van der Waals surface area contributed by atoms with Gasteiger partial charge in [0.15, 0.2) is 0 Å². The van der Waals surface area contributed by atoms with Crippen LogP contribution in [0.25, 0.3) is 0 Å². The molecule has 3 rings (SSSR count). The number of nitrogens with one attached hydrogen (secondary N) is 2. The SMILES string of the molecule is CC(C)CCN1CSC[C@H]1C(=O)N[C@H](CCC1CCCCC1)C(=S)NCc1ccc([N+](=O)[O-])cc1. The predicted molar refractivity (Wildman–Crippen MR) is 148 cm³/mol. The van der Waals surface area contributed by atoms with Crippen molar-refractivity contribution in [1.29, 1.82) is 0 Å². The van der Waals surface area contributed by atoms with Gasteiger partial charge in [0.2, 0.25) is 5.91 Å². The first-order valence-corrected chi connectivity index (χ1v) is 14.5. The summed E-state index contributed by atoms with van der Waals surface area (Å²) in [5, 5.41) is 17.5.